The molecule has 3 heterocycles. The summed E-state index contributed by atoms with van der Waals surface area (Å²) in [7, 11) is 0. The van der Waals surface area contributed by atoms with Crippen LogP contribution in [-0.2, 0) is 22.5 Å². The molecular formula is C34H27CuN2O-3. The van der Waals surface area contributed by atoms with E-state index in [1.165, 1.54) is 16.5 Å². The van der Waals surface area contributed by atoms with Crippen LogP contribution in [0, 0.1) is 13.8 Å². The van der Waals surface area contributed by atoms with Gasteiger partial charge in [-0.2, -0.15) is 43.3 Å². The predicted octanol–water partition coefficient (Wildman–Crippen LogP) is 8.49. The zero-order valence-electron chi connectivity index (χ0n) is 21.3. The van der Waals surface area contributed by atoms with Gasteiger partial charge in [0.1, 0.15) is 0 Å². The van der Waals surface area contributed by atoms with Gasteiger partial charge in [-0.05, 0) is 27.8 Å². The van der Waals surface area contributed by atoms with Gasteiger partial charge in [-0.15, -0.1) is 17.6 Å². The molecule has 1 radical (unpaired) electrons. The molecule has 0 aliphatic carbocycles. The molecule has 0 spiro atoms. The van der Waals surface area contributed by atoms with Gasteiger partial charge < -0.3 is 9.72 Å². The Balaban J connectivity index is 0.000000151. The molecule has 0 saturated heterocycles. The summed E-state index contributed by atoms with van der Waals surface area (Å²) in [4.78, 5) is 9.00. The standard InChI is InChI=1S/C17H11N2.C17H16O.Cu/c1-2-5-14-11-19-16(10-13(14)4-1)15-7-3-6-12-8-9-18-17(12)15;1-11-7-5-9-13-15(11)18-16-12(2)8-6-10-14(16)17(13,3)4;/h1-11H;5-10H,1-2H2,3-4H3;/q-1;-2;. The fourth-order valence-electron chi connectivity index (χ4n) is 5.11. The fraction of sp³-hybridized carbons (Fsp3) is 0.0882. The summed E-state index contributed by atoms with van der Waals surface area (Å²) in [5.74, 6) is 1.76. The summed E-state index contributed by atoms with van der Waals surface area (Å²) in [5.41, 5.74) is 7.23. The average Bonchev–Trinajstić information content (AvgIpc) is 3.39. The van der Waals surface area contributed by atoms with Crippen molar-refractivity contribution in [3.8, 4) is 22.8 Å². The third kappa shape index (κ3) is 4.32. The molecule has 2 aromatic heterocycles. The number of ether oxygens (including phenoxy) is 1. The fourth-order valence-corrected chi connectivity index (χ4v) is 5.11. The number of fused-ring (bicyclic) bond motifs is 4. The Morgan fingerprint density at radius 3 is 2.00 bits per heavy atom. The molecule has 0 bridgehead atoms. The van der Waals surface area contributed by atoms with Crippen molar-refractivity contribution in [2.75, 3.05) is 0 Å². The maximum Gasteiger partial charge on any atom is 0.0696 e. The van der Waals surface area contributed by atoms with E-state index in [1.54, 1.807) is 0 Å². The van der Waals surface area contributed by atoms with Crippen LogP contribution in [0.1, 0.15) is 36.1 Å². The van der Waals surface area contributed by atoms with E-state index in [2.05, 4.69) is 86.2 Å². The second kappa shape index (κ2) is 9.98. The molecule has 38 heavy (non-hydrogen) atoms. The van der Waals surface area contributed by atoms with Crippen molar-refractivity contribution in [1.82, 2.24) is 9.97 Å². The molecule has 4 aromatic carbocycles. The van der Waals surface area contributed by atoms with Crippen LogP contribution >= 0.6 is 0 Å². The number of pyridine rings is 1. The molecular weight excluding hydrogens is 516 g/mol. The Hall–Kier alpha value is -4.11. The van der Waals surface area contributed by atoms with Crippen LogP contribution in [-0.4, -0.2) is 4.98 Å². The molecule has 0 unspecified atom stereocenters. The second-order valence-electron chi connectivity index (χ2n) is 9.92. The van der Waals surface area contributed by atoms with Gasteiger partial charge in [-0.3, -0.25) is 4.98 Å². The van der Waals surface area contributed by atoms with Crippen molar-refractivity contribution in [3.63, 3.8) is 0 Å². The smallest absolute Gasteiger partial charge is 0.0696 e. The number of rotatable bonds is 1. The molecule has 7 rings (SSSR count). The maximum atomic E-state index is 6.05. The van der Waals surface area contributed by atoms with Crippen molar-refractivity contribution in [2.24, 2.45) is 0 Å². The van der Waals surface area contributed by atoms with Crippen molar-refractivity contribution >= 4 is 21.7 Å². The van der Waals surface area contributed by atoms with Gasteiger partial charge in [0.05, 0.1) is 5.69 Å². The molecule has 0 fully saturated rings. The van der Waals surface area contributed by atoms with E-state index in [9.17, 15) is 0 Å². The minimum atomic E-state index is -0.0791. The molecule has 1 aliphatic rings. The first-order valence-electron chi connectivity index (χ1n) is 12.4. The number of nitrogens with zero attached hydrogens (tertiary/aromatic N) is 2. The van der Waals surface area contributed by atoms with Crippen LogP contribution in [0.15, 0.2) is 103 Å². The van der Waals surface area contributed by atoms with E-state index < -0.39 is 0 Å². The van der Waals surface area contributed by atoms with Crippen LogP contribution < -0.4 is 9.72 Å². The summed E-state index contributed by atoms with van der Waals surface area (Å²) in [6.45, 7) is 12.5. The van der Waals surface area contributed by atoms with Crippen molar-refractivity contribution < 1.29 is 21.8 Å². The SMILES string of the molecule is [CH2-]c1cccc2c1Oc1c([CH2-])cccc1C2(C)C.[Cu].c1ccc2cc(-c3cccc4cc[n-]c34)ncc2c1. The average molecular weight is 543 g/mol. The quantitative estimate of drug-likeness (QED) is 0.154. The topological polar surface area (TPSA) is 36.2 Å². The van der Waals surface area contributed by atoms with Gasteiger partial charge in [0.25, 0.3) is 0 Å². The molecule has 0 N–H and O–H groups in total. The Kier molecular flexibility index (Phi) is 6.71. The minimum Gasteiger partial charge on any atom is -0.663 e. The zero-order chi connectivity index (χ0) is 25.6. The van der Waals surface area contributed by atoms with Crippen LogP contribution in [0.3, 0.4) is 0 Å². The minimum absolute atomic E-state index is 0. The number of hydrogen-bond donors (Lipinski definition) is 0. The van der Waals surface area contributed by atoms with Gasteiger partial charge in [-0.25, -0.2) is 0 Å². The van der Waals surface area contributed by atoms with Gasteiger partial charge >= 0.3 is 0 Å². The van der Waals surface area contributed by atoms with Crippen LogP contribution in [0.5, 0.6) is 11.5 Å². The van der Waals surface area contributed by atoms with Crippen LogP contribution in [0.4, 0.5) is 0 Å². The predicted molar refractivity (Wildman–Crippen MR) is 152 cm³/mol. The number of para-hydroxylation sites is 3. The van der Waals surface area contributed by atoms with E-state index >= 15 is 0 Å². The molecule has 4 heteroatoms. The van der Waals surface area contributed by atoms with E-state index in [0.29, 0.717) is 0 Å². The van der Waals surface area contributed by atoms with E-state index in [0.717, 1.165) is 50.2 Å². The van der Waals surface area contributed by atoms with Crippen molar-refractivity contribution in [2.45, 2.75) is 19.3 Å². The molecule has 0 amide bonds. The molecule has 0 saturated carbocycles. The number of aromatic nitrogens is 2. The third-order valence-corrected chi connectivity index (χ3v) is 7.18. The Labute approximate surface area is 234 Å². The Morgan fingerprint density at radius 1 is 0.711 bits per heavy atom. The third-order valence-electron chi connectivity index (χ3n) is 7.18. The first-order valence-corrected chi connectivity index (χ1v) is 12.4. The normalized spacial score (nSPS) is 12.9. The number of benzene rings is 4. The summed E-state index contributed by atoms with van der Waals surface area (Å²) >= 11 is 0. The number of hydrogen-bond acceptors (Lipinski definition) is 2. The first-order chi connectivity index (χ1) is 17.9. The van der Waals surface area contributed by atoms with Crippen molar-refractivity contribution in [3.05, 3.63) is 139 Å². The Morgan fingerprint density at radius 2 is 1.32 bits per heavy atom. The van der Waals surface area contributed by atoms with Crippen LogP contribution in [0.2, 0.25) is 0 Å². The summed E-state index contributed by atoms with van der Waals surface area (Å²) < 4.78 is 6.05. The van der Waals surface area contributed by atoms with Crippen LogP contribution in [0.25, 0.3) is 32.9 Å². The largest absolute Gasteiger partial charge is 0.663 e. The van der Waals surface area contributed by atoms with E-state index in [1.807, 2.05) is 54.9 Å². The summed E-state index contributed by atoms with van der Waals surface area (Å²) in [5, 5.41) is 3.53. The van der Waals surface area contributed by atoms with Gasteiger partial charge in [0, 0.05) is 40.2 Å². The molecule has 0 atom stereocenters. The molecule has 6 aromatic rings. The second-order valence-corrected chi connectivity index (χ2v) is 9.92. The summed E-state index contributed by atoms with van der Waals surface area (Å²) in [6, 6.07) is 30.9. The molecule has 3 nitrogen and oxygen atoms in total. The Bertz CT molecular complexity index is 1710. The molecule has 193 valence electrons. The summed E-state index contributed by atoms with van der Waals surface area (Å²) in [6.07, 6.45) is 3.77. The van der Waals surface area contributed by atoms with Gasteiger partial charge in [0.15, 0.2) is 0 Å². The van der Waals surface area contributed by atoms with E-state index in [-0.39, 0.29) is 22.5 Å². The van der Waals surface area contributed by atoms with Gasteiger partial charge in [-0.1, -0.05) is 85.6 Å². The maximum absolute atomic E-state index is 6.05. The van der Waals surface area contributed by atoms with Gasteiger partial charge in [0.2, 0.25) is 0 Å². The molecule has 1 aliphatic heterocycles. The van der Waals surface area contributed by atoms with Crippen molar-refractivity contribution in [1.29, 1.82) is 0 Å². The van der Waals surface area contributed by atoms with E-state index in [4.69, 9.17) is 4.74 Å². The first kappa shape index (κ1) is 25.5. The zero-order valence-corrected chi connectivity index (χ0v) is 22.3. The monoisotopic (exact) mass is 542 g/mol.